The minimum Gasteiger partial charge on any atom is -0.477 e. The van der Waals surface area contributed by atoms with Crippen LogP contribution < -0.4 is 0 Å². The van der Waals surface area contributed by atoms with E-state index >= 15 is 0 Å². The zero-order valence-corrected chi connectivity index (χ0v) is 9.21. The van der Waals surface area contributed by atoms with E-state index in [-0.39, 0.29) is 4.88 Å². The first kappa shape index (κ1) is 10.1. The fraction of sp³-hybridized carbons (Fsp3) is 0.125. The molecule has 0 bridgehead atoms. The summed E-state index contributed by atoms with van der Waals surface area (Å²) in [6.45, 7) is 0. The lowest BCUT2D eigenvalue weighted by Crippen LogP contribution is -1.92. The maximum absolute atomic E-state index is 10.7. The normalized spacial score (nSPS) is 10.5. The Labute approximate surface area is 93.9 Å². The van der Waals surface area contributed by atoms with Gasteiger partial charge in [0.2, 0.25) is 0 Å². The maximum atomic E-state index is 10.7. The Bertz CT molecular complexity index is 500. The van der Waals surface area contributed by atoms with Crippen LogP contribution in [0.1, 0.15) is 9.67 Å². The molecule has 15 heavy (non-hydrogen) atoms. The minimum absolute atomic E-state index is 0.183. The smallest absolute Gasteiger partial charge is 0.347 e. The molecule has 2 heterocycles. The number of carbonyl (C=O) groups is 1. The van der Waals surface area contributed by atoms with Gasteiger partial charge in [0.15, 0.2) is 0 Å². The number of aryl methyl sites for hydroxylation is 1. The van der Waals surface area contributed by atoms with Gasteiger partial charge in [-0.1, -0.05) is 11.6 Å². The van der Waals surface area contributed by atoms with Crippen molar-refractivity contribution < 1.29 is 9.90 Å². The third-order valence-electron chi connectivity index (χ3n) is 1.81. The average Bonchev–Trinajstić information content (AvgIpc) is 2.73. The summed E-state index contributed by atoms with van der Waals surface area (Å²) in [4.78, 5) is 14.8. The van der Waals surface area contributed by atoms with Gasteiger partial charge in [-0.25, -0.2) is 9.78 Å². The number of halogens is 1. The Hall–Kier alpha value is -1.40. The molecule has 0 fully saturated rings. The number of hydrogen-bond acceptors (Lipinski definition) is 4. The summed E-state index contributed by atoms with van der Waals surface area (Å²) >= 11 is 6.98. The van der Waals surface area contributed by atoms with E-state index < -0.39 is 5.97 Å². The van der Waals surface area contributed by atoms with Gasteiger partial charge in [-0.05, 0) is 0 Å². The van der Waals surface area contributed by atoms with Crippen LogP contribution in [0.15, 0.2) is 12.4 Å². The second-order valence-corrected chi connectivity index (χ2v) is 4.24. The topological polar surface area (TPSA) is 68.0 Å². The molecule has 2 aromatic heterocycles. The van der Waals surface area contributed by atoms with Gasteiger partial charge >= 0.3 is 5.97 Å². The van der Waals surface area contributed by atoms with E-state index in [0.717, 1.165) is 11.3 Å². The maximum Gasteiger partial charge on any atom is 0.347 e. The van der Waals surface area contributed by atoms with Gasteiger partial charge in [-0.2, -0.15) is 5.10 Å². The van der Waals surface area contributed by atoms with Crippen molar-refractivity contribution in [2.45, 2.75) is 0 Å². The van der Waals surface area contributed by atoms with E-state index in [4.69, 9.17) is 16.7 Å². The highest BCUT2D eigenvalue weighted by Gasteiger charge is 2.15. The lowest BCUT2D eigenvalue weighted by molar-refractivity contribution is 0.0702. The van der Waals surface area contributed by atoms with Gasteiger partial charge < -0.3 is 5.11 Å². The van der Waals surface area contributed by atoms with Gasteiger partial charge in [0.1, 0.15) is 15.6 Å². The van der Waals surface area contributed by atoms with Crippen LogP contribution in [0.5, 0.6) is 0 Å². The second kappa shape index (κ2) is 3.63. The fourth-order valence-corrected chi connectivity index (χ4v) is 2.29. The van der Waals surface area contributed by atoms with Crippen LogP contribution in [-0.2, 0) is 7.05 Å². The third-order valence-corrected chi connectivity index (χ3v) is 3.08. The largest absolute Gasteiger partial charge is 0.477 e. The molecule has 2 rings (SSSR count). The van der Waals surface area contributed by atoms with Crippen molar-refractivity contribution in [2.24, 2.45) is 7.05 Å². The van der Waals surface area contributed by atoms with Crippen molar-refractivity contribution in [1.29, 1.82) is 0 Å². The molecular formula is C8H6ClN3O2S. The molecular weight excluding hydrogens is 238 g/mol. The van der Waals surface area contributed by atoms with Crippen molar-refractivity contribution in [3.8, 4) is 10.7 Å². The zero-order valence-electron chi connectivity index (χ0n) is 7.64. The molecule has 0 atom stereocenters. The highest BCUT2D eigenvalue weighted by Crippen LogP contribution is 2.30. The van der Waals surface area contributed by atoms with Gasteiger partial charge in [-0.3, -0.25) is 4.68 Å². The summed E-state index contributed by atoms with van der Waals surface area (Å²) < 4.78 is 1.56. The van der Waals surface area contributed by atoms with Crippen molar-refractivity contribution >= 4 is 28.9 Å². The van der Waals surface area contributed by atoms with Gasteiger partial charge in [0.05, 0.1) is 17.4 Å². The van der Waals surface area contributed by atoms with Gasteiger partial charge in [0, 0.05) is 7.05 Å². The van der Waals surface area contributed by atoms with Gasteiger partial charge in [0.25, 0.3) is 0 Å². The summed E-state index contributed by atoms with van der Waals surface area (Å²) in [6, 6.07) is 0. The highest BCUT2D eigenvalue weighted by atomic mass is 35.5. The minimum atomic E-state index is -0.989. The molecule has 0 radical (unpaired) electrons. The third kappa shape index (κ3) is 1.73. The quantitative estimate of drug-likeness (QED) is 0.875. The Morgan fingerprint density at radius 1 is 1.60 bits per heavy atom. The number of aromatic nitrogens is 3. The summed E-state index contributed by atoms with van der Waals surface area (Å²) in [5, 5.41) is 13.7. The Balaban J connectivity index is 2.50. The number of aromatic carboxylic acids is 1. The van der Waals surface area contributed by atoms with Crippen LogP contribution in [0.25, 0.3) is 10.7 Å². The van der Waals surface area contributed by atoms with E-state index in [1.165, 1.54) is 12.4 Å². The van der Waals surface area contributed by atoms with Crippen LogP contribution in [-0.4, -0.2) is 25.8 Å². The highest BCUT2D eigenvalue weighted by molar-refractivity contribution is 7.16. The lowest BCUT2D eigenvalue weighted by Gasteiger charge is -1.96. The van der Waals surface area contributed by atoms with Crippen molar-refractivity contribution in [3.63, 3.8) is 0 Å². The number of carboxylic acids is 1. The summed E-state index contributed by atoms with van der Waals surface area (Å²) in [5.74, 6) is -0.989. The van der Waals surface area contributed by atoms with Crippen molar-refractivity contribution in [1.82, 2.24) is 14.8 Å². The van der Waals surface area contributed by atoms with Crippen LogP contribution in [0.3, 0.4) is 0 Å². The lowest BCUT2D eigenvalue weighted by atomic mass is 10.4. The predicted molar refractivity (Wildman–Crippen MR) is 56.3 cm³/mol. The molecule has 0 aliphatic carbocycles. The van der Waals surface area contributed by atoms with E-state index in [0.29, 0.717) is 15.7 Å². The number of rotatable bonds is 2. The van der Waals surface area contributed by atoms with Crippen LogP contribution in [0, 0.1) is 0 Å². The van der Waals surface area contributed by atoms with Crippen molar-refractivity contribution in [2.75, 3.05) is 0 Å². The summed E-state index contributed by atoms with van der Waals surface area (Å²) in [6.07, 6.45) is 2.81. The number of nitrogens with zero attached hydrogens (tertiary/aromatic N) is 3. The number of hydrogen-bond donors (Lipinski definition) is 1. The monoisotopic (exact) mass is 243 g/mol. The molecule has 78 valence electrons. The van der Waals surface area contributed by atoms with Crippen LogP contribution in [0.4, 0.5) is 0 Å². The predicted octanol–water partition coefficient (Wildman–Crippen LogP) is 1.90. The van der Waals surface area contributed by atoms with Crippen LogP contribution in [0.2, 0.25) is 5.02 Å². The zero-order chi connectivity index (χ0) is 11.0. The Morgan fingerprint density at radius 3 is 2.80 bits per heavy atom. The molecule has 5 nitrogen and oxygen atoms in total. The standard InChI is InChI=1S/C8H6ClN3O2S/c1-12-6(4(9)2-11-12)7-10-3-5(15-7)8(13)14/h2-3H,1H3,(H,13,14). The first-order valence-corrected chi connectivity index (χ1v) is 5.16. The number of thiazole rings is 1. The molecule has 1 N–H and O–H groups in total. The summed E-state index contributed by atoms with van der Waals surface area (Å²) in [7, 11) is 1.73. The molecule has 0 spiro atoms. The molecule has 2 aromatic rings. The van der Waals surface area contributed by atoms with E-state index in [9.17, 15) is 4.79 Å². The molecule has 0 unspecified atom stereocenters. The Morgan fingerprint density at radius 2 is 2.33 bits per heavy atom. The molecule has 0 amide bonds. The molecule has 0 aliphatic rings. The second-order valence-electron chi connectivity index (χ2n) is 2.80. The molecule has 0 saturated carbocycles. The first-order chi connectivity index (χ1) is 7.09. The van der Waals surface area contributed by atoms with Crippen molar-refractivity contribution in [3.05, 3.63) is 22.3 Å². The van der Waals surface area contributed by atoms with E-state index in [1.807, 2.05) is 0 Å². The van der Waals surface area contributed by atoms with E-state index in [1.54, 1.807) is 11.7 Å². The number of carboxylic acid groups (broad SMARTS) is 1. The van der Waals surface area contributed by atoms with E-state index in [2.05, 4.69) is 10.1 Å². The molecule has 0 saturated heterocycles. The molecule has 0 aliphatic heterocycles. The van der Waals surface area contributed by atoms with Crippen LogP contribution >= 0.6 is 22.9 Å². The Kier molecular flexibility index (Phi) is 2.45. The molecule has 7 heteroatoms. The fourth-order valence-electron chi connectivity index (χ4n) is 1.13. The first-order valence-electron chi connectivity index (χ1n) is 3.96. The molecule has 0 aromatic carbocycles. The SMILES string of the molecule is Cn1ncc(Cl)c1-c1ncc(C(=O)O)s1. The average molecular weight is 244 g/mol. The summed E-state index contributed by atoms with van der Waals surface area (Å²) in [5.41, 5.74) is 0.633. The van der Waals surface area contributed by atoms with Gasteiger partial charge in [-0.15, -0.1) is 11.3 Å².